The largest absolute Gasteiger partial charge is 0.444 e. The SMILES string of the molecule is COC1C(C)C2C3OC3C(C1C)N2C(=O)OC(C)(C)C. The van der Waals surface area contributed by atoms with E-state index in [9.17, 15) is 4.79 Å². The van der Waals surface area contributed by atoms with Crippen molar-refractivity contribution in [2.45, 2.75) is 70.6 Å². The first-order valence-electron chi connectivity index (χ1n) is 7.46. The summed E-state index contributed by atoms with van der Waals surface area (Å²) < 4.78 is 17.0. The summed E-state index contributed by atoms with van der Waals surface area (Å²) in [4.78, 5) is 14.5. The molecule has 0 aromatic carbocycles. The van der Waals surface area contributed by atoms with Crippen molar-refractivity contribution in [1.82, 2.24) is 4.90 Å². The number of amides is 1. The molecule has 0 aromatic heterocycles. The van der Waals surface area contributed by atoms with Crippen molar-refractivity contribution >= 4 is 6.09 Å². The van der Waals surface area contributed by atoms with E-state index in [1.165, 1.54) is 0 Å². The van der Waals surface area contributed by atoms with E-state index in [-0.39, 0.29) is 48.3 Å². The highest BCUT2D eigenvalue weighted by atomic mass is 16.6. The first-order valence-corrected chi connectivity index (χ1v) is 7.46. The first kappa shape index (κ1) is 14.1. The predicted octanol–water partition coefficient (Wildman–Crippen LogP) is 2.04. The third-order valence-electron chi connectivity index (χ3n) is 4.87. The van der Waals surface area contributed by atoms with Gasteiger partial charge in [0.1, 0.15) is 17.8 Å². The molecule has 20 heavy (non-hydrogen) atoms. The summed E-state index contributed by atoms with van der Waals surface area (Å²) in [5.41, 5.74) is -0.466. The number of hydrogen-bond donors (Lipinski definition) is 0. The smallest absolute Gasteiger partial charge is 0.410 e. The Morgan fingerprint density at radius 1 is 1.10 bits per heavy atom. The number of epoxide rings is 1. The van der Waals surface area contributed by atoms with Crippen LogP contribution in [0.3, 0.4) is 0 Å². The molecule has 0 aromatic rings. The minimum absolute atomic E-state index is 0.0843. The van der Waals surface area contributed by atoms with E-state index in [4.69, 9.17) is 14.2 Å². The van der Waals surface area contributed by atoms with Crippen molar-refractivity contribution in [2.24, 2.45) is 11.8 Å². The maximum absolute atomic E-state index is 12.5. The van der Waals surface area contributed by atoms with Gasteiger partial charge in [0.2, 0.25) is 0 Å². The van der Waals surface area contributed by atoms with Crippen LogP contribution in [0.2, 0.25) is 0 Å². The standard InChI is InChI=1S/C15H25NO4/c1-7-9-12-13(19-12)10(8(2)11(7)18-6)16(9)14(17)20-15(3,4)5/h7-13H,1-6H3. The lowest BCUT2D eigenvalue weighted by Gasteiger charge is -2.48. The number of fused-ring (bicyclic) bond motifs is 5. The average molecular weight is 283 g/mol. The molecule has 0 N–H and O–H groups in total. The molecule has 3 fully saturated rings. The zero-order chi connectivity index (χ0) is 14.8. The Balaban J connectivity index is 1.85. The number of ether oxygens (including phenoxy) is 3. The van der Waals surface area contributed by atoms with E-state index in [1.807, 2.05) is 25.7 Å². The van der Waals surface area contributed by atoms with Gasteiger partial charge in [0.05, 0.1) is 18.2 Å². The summed E-state index contributed by atoms with van der Waals surface area (Å²) in [6, 6.07) is 0.169. The second-order valence-electron chi connectivity index (χ2n) is 7.35. The highest BCUT2D eigenvalue weighted by Crippen LogP contribution is 2.53. The van der Waals surface area contributed by atoms with Gasteiger partial charge < -0.3 is 14.2 Å². The van der Waals surface area contributed by atoms with E-state index < -0.39 is 5.60 Å². The second-order valence-corrected chi connectivity index (χ2v) is 7.35. The Bertz CT molecular complexity index is 397. The molecule has 3 aliphatic rings. The van der Waals surface area contributed by atoms with Gasteiger partial charge in [0.25, 0.3) is 0 Å². The third kappa shape index (κ3) is 1.94. The predicted molar refractivity (Wildman–Crippen MR) is 73.4 cm³/mol. The Labute approximate surface area is 120 Å². The summed E-state index contributed by atoms with van der Waals surface area (Å²) in [6.07, 6.45) is 0.312. The van der Waals surface area contributed by atoms with Crippen LogP contribution in [0.1, 0.15) is 34.6 Å². The summed E-state index contributed by atoms with van der Waals surface area (Å²) >= 11 is 0. The van der Waals surface area contributed by atoms with Crippen LogP contribution in [0.15, 0.2) is 0 Å². The van der Waals surface area contributed by atoms with Crippen LogP contribution in [-0.4, -0.2) is 54.1 Å². The number of carbonyl (C=O) groups excluding carboxylic acids is 1. The van der Waals surface area contributed by atoms with E-state index in [1.54, 1.807) is 7.11 Å². The minimum Gasteiger partial charge on any atom is -0.444 e. The quantitative estimate of drug-likeness (QED) is 0.691. The average Bonchev–Trinajstić information content (AvgIpc) is 3.01. The fourth-order valence-corrected chi connectivity index (χ4v) is 4.16. The number of morpholine rings is 1. The Kier molecular flexibility index (Phi) is 3.07. The monoisotopic (exact) mass is 283 g/mol. The molecule has 0 saturated carbocycles. The summed E-state index contributed by atoms with van der Waals surface area (Å²) in [6.45, 7) is 10.00. The highest BCUT2D eigenvalue weighted by Gasteiger charge is 2.70. The van der Waals surface area contributed by atoms with Crippen molar-refractivity contribution in [1.29, 1.82) is 0 Å². The molecule has 1 amide bonds. The van der Waals surface area contributed by atoms with Gasteiger partial charge in [-0.25, -0.2) is 4.79 Å². The summed E-state index contributed by atoms with van der Waals surface area (Å²) in [5, 5.41) is 0. The van der Waals surface area contributed by atoms with Crippen LogP contribution in [0.4, 0.5) is 4.79 Å². The number of rotatable bonds is 1. The molecule has 6 atom stereocenters. The Hall–Kier alpha value is -0.810. The molecule has 5 heteroatoms. The number of piperidine rings is 1. The first-order chi connectivity index (χ1) is 9.26. The highest BCUT2D eigenvalue weighted by molar-refractivity contribution is 5.71. The molecule has 0 spiro atoms. The van der Waals surface area contributed by atoms with Gasteiger partial charge in [-0.05, 0) is 20.8 Å². The molecule has 6 unspecified atom stereocenters. The minimum atomic E-state index is -0.466. The molecule has 3 saturated heterocycles. The Morgan fingerprint density at radius 2 is 1.60 bits per heavy atom. The van der Waals surface area contributed by atoms with Crippen LogP contribution in [0.5, 0.6) is 0 Å². The molecule has 114 valence electrons. The van der Waals surface area contributed by atoms with Crippen LogP contribution in [0.25, 0.3) is 0 Å². The van der Waals surface area contributed by atoms with E-state index in [0.717, 1.165) is 0 Å². The summed E-state index contributed by atoms with van der Waals surface area (Å²) in [5.74, 6) is 0.521. The topological polar surface area (TPSA) is 51.3 Å². The number of nitrogens with zero attached hydrogens (tertiary/aromatic N) is 1. The fourth-order valence-electron chi connectivity index (χ4n) is 4.16. The molecule has 3 aliphatic heterocycles. The molecular weight excluding hydrogens is 258 g/mol. The van der Waals surface area contributed by atoms with Gasteiger partial charge in [-0.2, -0.15) is 0 Å². The van der Waals surface area contributed by atoms with Gasteiger partial charge in [-0.3, -0.25) is 4.90 Å². The lowest BCUT2D eigenvalue weighted by Crippen LogP contribution is -2.61. The van der Waals surface area contributed by atoms with E-state index in [0.29, 0.717) is 0 Å². The molecule has 0 aliphatic carbocycles. The second kappa shape index (κ2) is 4.34. The lowest BCUT2D eigenvalue weighted by molar-refractivity contribution is -0.103. The van der Waals surface area contributed by atoms with Crippen molar-refractivity contribution in [3.63, 3.8) is 0 Å². The lowest BCUT2D eigenvalue weighted by atomic mass is 9.81. The molecule has 5 nitrogen and oxygen atoms in total. The van der Waals surface area contributed by atoms with Gasteiger partial charge in [0, 0.05) is 18.9 Å². The van der Waals surface area contributed by atoms with Crippen LogP contribution >= 0.6 is 0 Å². The maximum atomic E-state index is 12.5. The number of carbonyl (C=O) groups is 1. The van der Waals surface area contributed by atoms with E-state index in [2.05, 4.69) is 13.8 Å². The van der Waals surface area contributed by atoms with Gasteiger partial charge >= 0.3 is 6.09 Å². The van der Waals surface area contributed by atoms with E-state index >= 15 is 0 Å². The molecule has 2 bridgehead atoms. The Morgan fingerprint density at radius 3 is 2.00 bits per heavy atom. The fraction of sp³-hybridized carbons (Fsp3) is 0.933. The maximum Gasteiger partial charge on any atom is 0.410 e. The van der Waals surface area contributed by atoms with Crippen LogP contribution < -0.4 is 0 Å². The van der Waals surface area contributed by atoms with Gasteiger partial charge in [-0.15, -0.1) is 0 Å². The van der Waals surface area contributed by atoms with Crippen molar-refractivity contribution in [3.05, 3.63) is 0 Å². The normalized spacial score (nSPS) is 46.1. The molecule has 3 rings (SSSR count). The number of hydrogen-bond acceptors (Lipinski definition) is 4. The number of methoxy groups -OCH3 is 1. The third-order valence-corrected chi connectivity index (χ3v) is 4.87. The molecule has 3 heterocycles. The van der Waals surface area contributed by atoms with Crippen molar-refractivity contribution < 1.29 is 19.0 Å². The molecule has 0 radical (unpaired) electrons. The van der Waals surface area contributed by atoms with Crippen molar-refractivity contribution in [2.75, 3.05) is 7.11 Å². The zero-order valence-corrected chi connectivity index (χ0v) is 13.1. The van der Waals surface area contributed by atoms with Crippen LogP contribution in [-0.2, 0) is 14.2 Å². The summed E-state index contributed by atoms with van der Waals surface area (Å²) in [7, 11) is 1.76. The molecular formula is C15H25NO4. The zero-order valence-electron chi connectivity index (χ0n) is 13.1. The van der Waals surface area contributed by atoms with Crippen LogP contribution in [0, 0.1) is 11.8 Å². The van der Waals surface area contributed by atoms with Crippen molar-refractivity contribution in [3.8, 4) is 0 Å². The van der Waals surface area contributed by atoms with Gasteiger partial charge in [-0.1, -0.05) is 13.8 Å². The van der Waals surface area contributed by atoms with Gasteiger partial charge in [0.15, 0.2) is 0 Å².